The molecule has 256 valence electrons. The van der Waals surface area contributed by atoms with Gasteiger partial charge in [-0.15, -0.1) is 0 Å². The minimum atomic E-state index is -4.19. The minimum absolute atomic E-state index is 0.0382. The molecule has 1 heterocycles. The summed E-state index contributed by atoms with van der Waals surface area (Å²) in [5, 5.41) is 19.1. The number of nitrogens with one attached hydrogen (secondary N) is 3. The highest BCUT2D eigenvalue weighted by Gasteiger charge is 2.38. The molecular formula is C35H43N5O7S. The Morgan fingerprint density at radius 1 is 0.833 bits per heavy atom. The van der Waals surface area contributed by atoms with E-state index >= 15 is 0 Å². The number of aliphatic hydroxyl groups excluding tert-OH is 1. The van der Waals surface area contributed by atoms with Crippen molar-refractivity contribution >= 4 is 33.6 Å². The van der Waals surface area contributed by atoms with Crippen LogP contribution in [0.25, 0.3) is 0 Å². The molecule has 0 bridgehead atoms. The molecular weight excluding hydrogens is 634 g/mol. The van der Waals surface area contributed by atoms with Crippen LogP contribution < -0.4 is 25.0 Å². The van der Waals surface area contributed by atoms with Gasteiger partial charge in [0, 0.05) is 26.3 Å². The Labute approximate surface area is 282 Å². The second-order valence-corrected chi connectivity index (χ2v) is 13.3. The quantitative estimate of drug-likeness (QED) is 0.169. The van der Waals surface area contributed by atoms with Crippen molar-refractivity contribution in [3.63, 3.8) is 0 Å². The average Bonchev–Trinajstić information content (AvgIpc) is 3.30. The number of hydrogen-bond donors (Lipinski definition) is 4. The molecule has 4 rings (SSSR count). The summed E-state index contributed by atoms with van der Waals surface area (Å²) in [7, 11) is -2.66. The molecule has 0 spiro atoms. The van der Waals surface area contributed by atoms with E-state index in [-0.39, 0.29) is 31.0 Å². The molecule has 3 aromatic rings. The van der Waals surface area contributed by atoms with Gasteiger partial charge in [0.2, 0.25) is 23.6 Å². The van der Waals surface area contributed by atoms with Crippen LogP contribution in [-0.4, -0.2) is 61.3 Å². The number of hydrogen-bond acceptors (Lipinski definition) is 7. The third-order valence-electron chi connectivity index (χ3n) is 7.79. The van der Waals surface area contributed by atoms with Crippen LogP contribution in [0.3, 0.4) is 0 Å². The van der Waals surface area contributed by atoms with Crippen molar-refractivity contribution in [2.75, 3.05) is 18.0 Å². The van der Waals surface area contributed by atoms with Crippen molar-refractivity contribution in [3.8, 4) is 5.75 Å². The summed E-state index contributed by atoms with van der Waals surface area (Å²) in [5.41, 5.74) is 2.29. The van der Waals surface area contributed by atoms with Crippen LogP contribution in [0.4, 0.5) is 5.69 Å². The van der Waals surface area contributed by atoms with E-state index in [1.165, 1.54) is 14.0 Å². The summed E-state index contributed by atoms with van der Waals surface area (Å²) in [6.45, 7) is 3.71. The van der Waals surface area contributed by atoms with Crippen molar-refractivity contribution in [1.29, 1.82) is 0 Å². The number of aliphatic hydroxyl groups is 1. The highest BCUT2D eigenvalue weighted by atomic mass is 32.2. The van der Waals surface area contributed by atoms with E-state index < -0.39 is 40.0 Å². The lowest BCUT2D eigenvalue weighted by molar-refractivity contribution is -0.131. The smallest absolute Gasteiger partial charge is 0.333 e. The molecule has 0 saturated carbocycles. The van der Waals surface area contributed by atoms with E-state index in [1.54, 1.807) is 48.5 Å². The molecule has 0 fully saturated rings. The van der Waals surface area contributed by atoms with Crippen molar-refractivity contribution in [3.05, 3.63) is 108 Å². The topological polar surface area (TPSA) is 157 Å². The number of nitrogens with zero attached hydrogens (tertiary/aromatic N) is 2. The molecule has 0 aliphatic carbocycles. The number of carbonyl (C=O) groups is 3. The second-order valence-electron chi connectivity index (χ2n) is 11.5. The number of unbranched alkanes of at least 4 members (excludes halogenated alkanes) is 2. The molecule has 12 nitrogen and oxygen atoms in total. The lowest BCUT2D eigenvalue weighted by Crippen LogP contribution is -2.55. The van der Waals surface area contributed by atoms with E-state index in [0.29, 0.717) is 23.4 Å². The minimum Gasteiger partial charge on any atom is -0.497 e. The molecule has 4 N–H and O–H groups in total. The fourth-order valence-electron chi connectivity index (χ4n) is 5.28. The first-order valence-corrected chi connectivity index (χ1v) is 17.3. The van der Waals surface area contributed by atoms with E-state index in [9.17, 15) is 27.9 Å². The van der Waals surface area contributed by atoms with Crippen LogP contribution >= 0.6 is 0 Å². The van der Waals surface area contributed by atoms with Crippen LogP contribution in [0.5, 0.6) is 5.75 Å². The van der Waals surface area contributed by atoms with Gasteiger partial charge in [-0.05, 0) is 47.4 Å². The van der Waals surface area contributed by atoms with Gasteiger partial charge < -0.3 is 25.8 Å². The number of carbonyl (C=O) groups excluding carboxylic acids is 3. The van der Waals surface area contributed by atoms with E-state index in [1.807, 2.05) is 30.3 Å². The molecule has 0 unspecified atom stereocenters. The van der Waals surface area contributed by atoms with Crippen LogP contribution in [0.1, 0.15) is 49.8 Å². The molecule has 2 atom stereocenters. The van der Waals surface area contributed by atoms with E-state index in [0.717, 1.165) is 39.6 Å². The van der Waals surface area contributed by atoms with Crippen LogP contribution in [0.2, 0.25) is 0 Å². The van der Waals surface area contributed by atoms with Gasteiger partial charge >= 0.3 is 10.2 Å². The van der Waals surface area contributed by atoms with Gasteiger partial charge in [-0.25, -0.2) is 8.61 Å². The highest BCUT2D eigenvalue weighted by molar-refractivity contribution is 7.91. The fraction of sp³-hybridized carbons (Fsp3) is 0.343. The monoisotopic (exact) mass is 677 g/mol. The Bertz CT molecular complexity index is 1700. The summed E-state index contributed by atoms with van der Waals surface area (Å²) in [6, 6.07) is 20.7. The molecule has 3 aromatic carbocycles. The average molecular weight is 678 g/mol. The zero-order valence-electron chi connectivity index (χ0n) is 27.4. The molecule has 48 heavy (non-hydrogen) atoms. The SMILES string of the molecule is CCCCCNC(=O)[C@H](Cc1cccc(N2C=C(O)N(Cc3ccc(OC)cc3)S2(=O)=O)c1)NC(=O)[C@H](Cc1ccccc1)NC(C)=O. The first kappa shape index (κ1) is 35.8. The molecule has 0 radical (unpaired) electrons. The highest BCUT2D eigenvalue weighted by Crippen LogP contribution is 2.31. The van der Waals surface area contributed by atoms with Gasteiger partial charge in [-0.2, -0.15) is 8.42 Å². The Balaban J connectivity index is 1.54. The van der Waals surface area contributed by atoms with E-state index in [2.05, 4.69) is 22.9 Å². The van der Waals surface area contributed by atoms with Crippen molar-refractivity contribution in [2.24, 2.45) is 0 Å². The summed E-state index contributed by atoms with van der Waals surface area (Å²) < 4.78 is 34.2. The van der Waals surface area contributed by atoms with Gasteiger partial charge in [0.25, 0.3) is 0 Å². The zero-order valence-corrected chi connectivity index (χ0v) is 28.2. The number of benzene rings is 3. The Hall–Kier alpha value is -5.04. The maximum absolute atomic E-state index is 13.6. The largest absolute Gasteiger partial charge is 0.497 e. The predicted molar refractivity (Wildman–Crippen MR) is 183 cm³/mol. The summed E-state index contributed by atoms with van der Waals surface area (Å²) in [5.74, 6) is -1.14. The molecule has 0 saturated heterocycles. The van der Waals surface area contributed by atoms with Crippen molar-refractivity contribution < 1.29 is 32.6 Å². The van der Waals surface area contributed by atoms with Gasteiger partial charge in [-0.3, -0.25) is 14.4 Å². The fourth-order valence-corrected chi connectivity index (χ4v) is 6.69. The maximum Gasteiger partial charge on any atom is 0.333 e. The maximum atomic E-state index is 13.6. The first-order valence-electron chi connectivity index (χ1n) is 15.9. The van der Waals surface area contributed by atoms with Gasteiger partial charge in [0.1, 0.15) is 17.8 Å². The first-order chi connectivity index (χ1) is 23.0. The van der Waals surface area contributed by atoms with Crippen molar-refractivity contribution in [1.82, 2.24) is 20.3 Å². The zero-order chi connectivity index (χ0) is 34.7. The second kappa shape index (κ2) is 16.7. The summed E-state index contributed by atoms with van der Waals surface area (Å²) in [6.07, 6.45) is 4.07. The van der Waals surface area contributed by atoms with E-state index in [4.69, 9.17) is 4.74 Å². The van der Waals surface area contributed by atoms with Crippen LogP contribution in [0.15, 0.2) is 90.9 Å². The van der Waals surface area contributed by atoms with Crippen LogP contribution in [0, 0.1) is 0 Å². The molecule has 0 aromatic heterocycles. The molecule has 3 amide bonds. The number of rotatable bonds is 16. The summed E-state index contributed by atoms with van der Waals surface area (Å²) >= 11 is 0. The lowest BCUT2D eigenvalue weighted by Gasteiger charge is -2.24. The normalized spacial score (nSPS) is 14.9. The number of methoxy groups -OCH3 is 1. The number of anilines is 1. The lowest BCUT2D eigenvalue weighted by atomic mass is 10.0. The Morgan fingerprint density at radius 3 is 2.17 bits per heavy atom. The standard InChI is InChI=1S/C35H43N5O7S/c1-4-5-9-19-36-34(43)31(38-35(44)32(37-25(2)41)21-26-11-7-6-8-12-26)22-28-13-10-14-29(20-28)39-24-33(42)40(48(39,45)46)23-27-15-17-30(47-3)18-16-27/h6-8,10-18,20,24,31-32,42H,4-5,9,19,21-23H2,1-3H3,(H,36,43)(H,37,41)(H,38,44)/t31-,32-/m0/s1. The van der Waals surface area contributed by atoms with Gasteiger partial charge in [-0.1, -0.05) is 74.4 Å². The van der Waals surface area contributed by atoms with Crippen molar-refractivity contribution in [2.45, 2.75) is 64.6 Å². The number of ether oxygens (including phenoxy) is 1. The number of amides is 3. The van der Waals surface area contributed by atoms with Crippen LogP contribution in [-0.2, 0) is 44.0 Å². The van der Waals surface area contributed by atoms with Gasteiger partial charge in [0.05, 0.1) is 25.5 Å². The summed E-state index contributed by atoms with van der Waals surface area (Å²) in [4.78, 5) is 39.0. The Morgan fingerprint density at radius 2 is 1.50 bits per heavy atom. The molecule has 1 aliphatic heterocycles. The predicted octanol–water partition coefficient (Wildman–Crippen LogP) is 3.70. The molecule has 1 aliphatic rings. The molecule has 13 heteroatoms. The van der Waals surface area contributed by atoms with Gasteiger partial charge in [0.15, 0.2) is 0 Å². The third kappa shape index (κ3) is 9.50. The Kier molecular flexibility index (Phi) is 12.4. The third-order valence-corrected chi connectivity index (χ3v) is 9.48.